The summed E-state index contributed by atoms with van der Waals surface area (Å²) in [6.45, 7) is 4.86. The maximum absolute atomic E-state index is 11.9. The summed E-state index contributed by atoms with van der Waals surface area (Å²) in [5.74, 6) is 5.38. The predicted octanol–water partition coefficient (Wildman–Crippen LogP) is 3.38. The van der Waals surface area contributed by atoms with E-state index in [2.05, 4.69) is 11.8 Å². The molecule has 1 aliphatic heterocycles. The number of amides is 2. The van der Waals surface area contributed by atoms with Gasteiger partial charge in [-0.15, -0.1) is 0 Å². The van der Waals surface area contributed by atoms with Gasteiger partial charge >= 0.3 is 6.09 Å². The quantitative estimate of drug-likeness (QED) is 0.413. The molecular weight excluding hydrogens is 414 g/mol. The Balaban J connectivity index is 1.86. The number of nitrogens with zero attached hydrogens (tertiary/aromatic N) is 2. The van der Waals surface area contributed by atoms with Gasteiger partial charge in [-0.2, -0.15) is 0 Å². The van der Waals surface area contributed by atoms with Gasteiger partial charge in [-0.25, -0.2) is 4.79 Å². The lowest BCUT2D eigenvalue weighted by atomic mass is 9.94. The van der Waals surface area contributed by atoms with Crippen LogP contribution in [-0.4, -0.2) is 47.6 Å². The topological polar surface area (TPSA) is 125 Å². The number of nitrogens with two attached hydrogens (primary N) is 1. The van der Waals surface area contributed by atoms with E-state index in [1.165, 1.54) is 6.07 Å². The van der Waals surface area contributed by atoms with E-state index in [1.807, 2.05) is 13.8 Å². The van der Waals surface area contributed by atoms with Gasteiger partial charge in [0.25, 0.3) is 5.69 Å². The summed E-state index contributed by atoms with van der Waals surface area (Å²) < 4.78 is 10.6. The zero-order chi connectivity index (χ0) is 22.3. The van der Waals surface area contributed by atoms with E-state index >= 15 is 0 Å². The van der Waals surface area contributed by atoms with E-state index in [-0.39, 0.29) is 35.1 Å². The van der Waals surface area contributed by atoms with Crippen LogP contribution in [0.3, 0.4) is 0 Å². The Kier molecular flexibility index (Phi) is 8.30. The average Bonchev–Trinajstić information content (AvgIpc) is 2.68. The second-order valence-electron chi connectivity index (χ2n) is 7.14. The number of nitro groups is 1. The lowest BCUT2D eigenvalue weighted by Gasteiger charge is -2.31. The summed E-state index contributed by atoms with van der Waals surface area (Å²) in [5, 5.41) is 10.9. The van der Waals surface area contributed by atoms with Crippen LogP contribution in [0.4, 0.5) is 10.5 Å². The summed E-state index contributed by atoms with van der Waals surface area (Å²) in [7, 11) is 0. The van der Waals surface area contributed by atoms with E-state index in [4.69, 9.17) is 26.8 Å². The largest absolute Gasteiger partial charge is 0.479 e. The standard InChI is InChI=1S/C20H24ClN3O6/c1-13(2)30-20(26)23-8-6-14(7-9-23)5-3-4-10-29-17-12-15(19(22)25)11-16(18(17)21)24(27)28/h11-14H,5-10H2,1-2H3,(H2,22,25). The summed E-state index contributed by atoms with van der Waals surface area (Å²) in [4.78, 5) is 35.3. The molecule has 1 aromatic carbocycles. The minimum atomic E-state index is -0.825. The van der Waals surface area contributed by atoms with E-state index in [1.54, 1.807) is 4.90 Å². The second kappa shape index (κ2) is 10.7. The van der Waals surface area contributed by atoms with E-state index in [9.17, 15) is 19.7 Å². The first-order valence-corrected chi connectivity index (χ1v) is 9.88. The van der Waals surface area contributed by atoms with Crippen molar-refractivity contribution in [3.63, 3.8) is 0 Å². The number of ether oxygens (including phenoxy) is 2. The van der Waals surface area contributed by atoms with Gasteiger partial charge in [0.15, 0.2) is 5.02 Å². The Morgan fingerprint density at radius 1 is 1.33 bits per heavy atom. The summed E-state index contributed by atoms with van der Waals surface area (Å²) >= 11 is 5.98. The molecule has 0 spiro atoms. The van der Waals surface area contributed by atoms with Crippen molar-refractivity contribution in [2.24, 2.45) is 11.7 Å². The average molecular weight is 438 g/mol. The van der Waals surface area contributed by atoms with Crippen LogP contribution in [0.15, 0.2) is 12.1 Å². The summed E-state index contributed by atoms with van der Waals surface area (Å²) in [6.07, 6.45) is 1.89. The number of halogens is 1. The van der Waals surface area contributed by atoms with Crippen LogP contribution < -0.4 is 10.5 Å². The molecule has 1 fully saturated rings. The fourth-order valence-corrected chi connectivity index (χ4v) is 3.17. The monoisotopic (exact) mass is 437 g/mol. The molecule has 162 valence electrons. The Labute approximate surface area is 179 Å². The SMILES string of the molecule is CC(C)OC(=O)N1CCC(CC#CCOc2cc(C(N)=O)cc([N+](=O)[O-])c2Cl)CC1. The zero-order valence-electron chi connectivity index (χ0n) is 16.9. The Morgan fingerprint density at radius 2 is 2.00 bits per heavy atom. The van der Waals surface area contributed by atoms with Crippen molar-refractivity contribution in [2.75, 3.05) is 19.7 Å². The minimum absolute atomic E-state index is 0.0223. The van der Waals surface area contributed by atoms with Gasteiger partial charge in [-0.05, 0) is 38.7 Å². The third-order valence-corrected chi connectivity index (χ3v) is 4.91. The molecule has 0 atom stereocenters. The van der Waals surface area contributed by atoms with Crippen molar-refractivity contribution in [1.29, 1.82) is 0 Å². The van der Waals surface area contributed by atoms with Crippen LogP contribution in [-0.2, 0) is 4.74 Å². The third kappa shape index (κ3) is 6.52. The Hall–Kier alpha value is -2.99. The van der Waals surface area contributed by atoms with Crippen LogP contribution in [0.25, 0.3) is 0 Å². The highest BCUT2D eigenvalue weighted by molar-refractivity contribution is 6.34. The number of carbonyl (C=O) groups excluding carboxylic acids is 2. The van der Waals surface area contributed by atoms with Gasteiger partial charge in [0, 0.05) is 31.1 Å². The van der Waals surface area contributed by atoms with Crippen molar-refractivity contribution in [2.45, 2.75) is 39.2 Å². The number of nitro benzene ring substituents is 1. The molecule has 1 aromatic rings. The molecule has 0 saturated carbocycles. The third-order valence-electron chi connectivity index (χ3n) is 4.53. The smallest absolute Gasteiger partial charge is 0.410 e. The highest BCUT2D eigenvalue weighted by atomic mass is 35.5. The maximum Gasteiger partial charge on any atom is 0.410 e. The van der Waals surface area contributed by atoms with Gasteiger partial charge in [-0.1, -0.05) is 23.4 Å². The van der Waals surface area contributed by atoms with E-state index in [0.717, 1.165) is 18.9 Å². The summed E-state index contributed by atoms with van der Waals surface area (Å²) in [6, 6.07) is 2.26. The van der Waals surface area contributed by atoms with Gasteiger partial charge in [0.2, 0.25) is 5.91 Å². The first kappa shape index (κ1) is 23.3. The molecule has 0 bridgehead atoms. The van der Waals surface area contributed by atoms with Crippen LogP contribution >= 0.6 is 11.6 Å². The number of rotatable bonds is 6. The molecule has 2 N–H and O–H groups in total. The first-order valence-electron chi connectivity index (χ1n) is 9.50. The molecular formula is C20H24ClN3O6. The number of hydrogen-bond acceptors (Lipinski definition) is 6. The molecule has 1 aliphatic rings. The molecule has 2 rings (SSSR count). The van der Waals surface area contributed by atoms with Crippen LogP contribution in [0.1, 0.15) is 43.5 Å². The Morgan fingerprint density at radius 3 is 2.57 bits per heavy atom. The van der Waals surface area contributed by atoms with Gasteiger partial charge in [0.05, 0.1) is 11.0 Å². The Bertz CT molecular complexity index is 869. The van der Waals surface area contributed by atoms with E-state index < -0.39 is 16.5 Å². The number of likely N-dealkylation sites (tertiary alicyclic amines) is 1. The van der Waals surface area contributed by atoms with Crippen molar-refractivity contribution < 1.29 is 24.0 Å². The lowest BCUT2D eigenvalue weighted by molar-refractivity contribution is -0.384. The number of carbonyl (C=O) groups is 2. The highest BCUT2D eigenvalue weighted by Crippen LogP contribution is 2.35. The van der Waals surface area contributed by atoms with Crippen LogP contribution in [0, 0.1) is 27.9 Å². The molecule has 0 aromatic heterocycles. The van der Waals surface area contributed by atoms with E-state index in [0.29, 0.717) is 25.4 Å². The predicted molar refractivity (Wildman–Crippen MR) is 110 cm³/mol. The molecule has 0 unspecified atom stereocenters. The number of hydrogen-bond donors (Lipinski definition) is 1. The normalized spacial score (nSPS) is 14.1. The van der Waals surface area contributed by atoms with Gasteiger partial charge < -0.3 is 20.1 Å². The minimum Gasteiger partial charge on any atom is -0.479 e. The van der Waals surface area contributed by atoms with Gasteiger partial charge in [0.1, 0.15) is 12.4 Å². The molecule has 1 saturated heterocycles. The maximum atomic E-state index is 11.9. The second-order valence-corrected chi connectivity index (χ2v) is 7.52. The molecule has 10 heteroatoms. The zero-order valence-corrected chi connectivity index (χ0v) is 17.6. The fourth-order valence-electron chi connectivity index (χ4n) is 2.94. The molecule has 30 heavy (non-hydrogen) atoms. The van der Waals surface area contributed by atoms with Crippen LogP contribution in [0.5, 0.6) is 5.75 Å². The molecule has 9 nitrogen and oxygen atoms in total. The number of benzene rings is 1. The molecule has 2 amide bonds. The highest BCUT2D eigenvalue weighted by Gasteiger charge is 2.24. The first-order chi connectivity index (χ1) is 14.2. The van der Waals surface area contributed by atoms with Crippen LogP contribution in [0.2, 0.25) is 5.02 Å². The number of primary amides is 1. The summed E-state index contributed by atoms with van der Waals surface area (Å²) in [5.41, 5.74) is 4.66. The molecule has 0 radical (unpaired) electrons. The van der Waals surface area contributed by atoms with Crippen molar-refractivity contribution in [3.05, 3.63) is 32.8 Å². The van der Waals surface area contributed by atoms with Gasteiger partial charge in [-0.3, -0.25) is 14.9 Å². The van der Waals surface area contributed by atoms with Crippen molar-refractivity contribution >= 4 is 29.3 Å². The molecule has 1 heterocycles. The fraction of sp³-hybridized carbons (Fsp3) is 0.500. The molecule has 0 aliphatic carbocycles. The van der Waals surface area contributed by atoms with Crippen molar-refractivity contribution in [1.82, 2.24) is 4.90 Å². The number of piperidine rings is 1. The lowest BCUT2D eigenvalue weighted by Crippen LogP contribution is -2.39. The van der Waals surface area contributed by atoms with Crippen molar-refractivity contribution in [3.8, 4) is 17.6 Å².